The minimum absolute atomic E-state index is 0.627. The van der Waals surface area contributed by atoms with E-state index in [1.54, 1.807) is 6.21 Å². The maximum absolute atomic E-state index is 10.2. The first-order valence-electron chi connectivity index (χ1n) is 4.55. The lowest BCUT2D eigenvalue weighted by atomic mass is 9.95. The van der Waals surface area contributed by atoms with Crippen molar-refractivity contribution in [3.05, 3.63) is 11.6 Å². The van der Waals surface area contributed by atoms with Crippen LogP contribution >= 0.6 is 0 Å². The van der Waals surface area contributed by atoms with Crippen LogP contribution in [0.5, 0.6) is 0 Å². The molecular formula is C9H15N3O. The Morgan fingerprint density at radius 2 is 2.08 bits per heavy atom. The molecule has 0 radical (unpaired) electrons. The Kier molecular flexibility index (Phi) is 4.02. The molecule has 13 heavy (non-hydrogen) atoms. The zero-order valence-corrected chi connectivity index (χ0v) is 7.62. The normalized spacial score (nSPS) is 17.4. The van der Waals surface area contributed by atoms with Gasteiger partial charge < -0.3 is 5.73 Å². The second kappa shape index (κ2) is 5.35. The highest BCUT2D eigenvalue weighted by molar-refractivity contribution is 5.76. The van der Waals surface area contributed by atoms with Crippen LogP contribution in [0.15, 0.2) is 16.8 Å². The third-order valence-electron chi connectivity index (χ3n) is 2.06. The first-order chi connectivity index (χ1) is 6.29. The highest BCUT2D eigenvalue weighted by Crippen LogP contribution is 2.21. The predicted molar refractivity (Wildman–Crippen MR) is 52.4 cm³/mol. The molecule has 4 nitrogen and oxygen atoms in total. The molecule has 4 heteroatoms. The SMILES string of the molecule is NC(=O)N/N=C\C=C1CCCCC1. The first-order valence-corrected chi connectivity index (χ1v) is 4.55. The lowest BCUT2D eigenvalue weighted by Gasteiger charge is -2.11. The van der Waals surface area contributed by atoms with Gasteiger partial charge in [0.05, 0.1) is 0 Å². The van der Waals surface area contributed by atoms with Gasteiger partial charge in [-0.25, -0.2) is 10.2 Å². The van der Waals surface area contributed by atoms with E-state index >= 15 is 0 Å². The smallest absolute Gasteiger partial charge is 0.332 e. The lowest BCUT2D eigenvalue weighted by Crippen LogP contribution is -2.24. The molecule has 0 aromatic heterocycles. The molecule has 1 aliphatic carbocycles. The highest BCUT2D eigenvalue weighted by Gasteiger charge is 2.03. The van der Waals surface area contributed by atoms with Gasteiger partial charge in [-0.15, -0.1) is 0 Å². The van der Waals surface area contributed by atoms with E-state index in [1.165, 1.54) is 24.8 Å². The number of urea groups is 1. The van der Waals surface area contributed by atoms with Crippen LogP contribution in [0, 0.1) is 0 Å². The minimum Gasteiger partial charge on any atom is -0.350 e. The number of amides is 2. The molecule has 0 aliphatic heterocycles. The van der Waals surface area contributed by atoms with Crippen molar-refractivity contribution in [2.45, 2.75) is 32.1 Å². The number of nitrogens with two attached hydrogens (primary N) is 1. The Morgan fingerprint density at radius 3 is 2.69 bits per heavy atom. The van der Waals surface area contributed by atoms with Crippen molar-refractivity contribution in [3.63, 3.8) is 0 Å². The highest BCUT2D eigenvalue weighted by atomic mass is 16.2. The average molecular weight is 181 g/mol. The van der Waals surface area contributed by atoms with Gasteiger partial charge in [-0.1, -0.05) is 12.0 Å². The van der Waals surface area contributed by atoms with Gasteiger partial charge in [-0.3, -0.25) is 0 Å². The Balaban J connectivity index is 2.28. The fraction of sp³-hybridized carbons (Fsp3) is 0.556. The molecule has 1 rings (SSSR count). The number of hydrogen-bond acceptors (Lipinski definition) is 2. The van der Waals surface area contributed by atoms with Crippen molar-refractivity contribution in [1.82, 2.24) is 5.43 Å². The van der Waals surface area contributed by atoms with Crippen LogP contribution in [0.4, 0.5) is 4.79 Å². The number of primary amides is 1. The number of rotatable bonds is 2. The molecule has 2 amide bonds. The quantitative estimate of drug-likeness (QED) is 0.492. The summed E-state index contributed by atoms with van der Waals surface area (Å²) < 4.78 is 0. The van der Waals surface area contributed by atoms with E-state index in [1.807, 2.05) is 6.08 Å². The van der Waals surface area contributed by atoms with Crippen LogP contribution in [0.3, 0.4) is 0 Å². The van der Waals surface area contributed by atoms with E-state index in [2.05, 4.69) is 10.5 Å². The largest absolute Gasteiger partial charge is 0.350 e. The third-order valence-corrected chi connectivity index (χ3v) is 2.06. The van der Waals surface area contributed by atoms with Crippen LogP contribution < -0.4 is 11.2 Å². The van der Waals surface area contributed by atoms with Crippen LogP contribution in [-0.2, 0) is 0 Å². The molecule has 0 unspecified atom stereocenters. The fourth-order valence-electron chi connectivity index (χ4n) is 1.42. The standard InChI is InChI=1S/C9H15N3O/c10-9(13)12-11-7-6-8-4-2-1-3-5-8/h6-7H,1-5H2,(H3,10,12,13)/b11-7-. The van der Waals surface area contributed by atoms with E-state index in [4.69, 9.17) is 5.73 Å². The fourth-order valence-corrected chi connectivity index (χ4v) is 1.42. The summed E-state index contributed by atoms with van der Waals surface area (Å²) in [6.07, 6.45) is 9.71. The minimum atomic E-state index is -0.627. The average Bonchev–Trinajstić information content (AvgIpc) is 2.14. The summed E-state index contributed by atoms with van der Waals surface area (Å²) in [5.41, 5.74) is 8.38. The van der Waals surface area contributed by atoms with Crippen LogP contribution in [0.1, 0.15) is 32.1 Å². The molecule has 0 aromatic carbocycles. The molecule has 3 N–H and O–H groups in total. The lowest BCUT2D eigenvalue weighted by molar-refractivity contribution is 0.249. The van der Waals surface area contributed by atoms with Gasteiger partial charge in [0.1, 0.15) is 0 Å². The summed E-state index contributed by atoms with van der Waals surface area (Å²) in [4.78, 5) is 10.2. The van der Waals surface area contributed by atoms with Crippen LogP contribution in [-0.4, -0.2) is 12.2 Å². The third kappa shape index (κ3) is 4.30. The molecular weight excluding hydrogens is 166 g/mol. The van der Waals surface area contributed by atoms with Crippen molar-refractivity contribution < 1.29 is 4.79 Å². The molecule has 1 aliphatic rings. The van der Waals surface area contributed by atoms with Gasteiger partial charge in [0, 0.05) is 6.21 Å². The second-order valence-corrected chi connectivity index (χ2v) is 3.14. The molecule has 0 aromatic rings. The molecule has 0 spiro atoms. The van der Waals surface area contributed by atoms with Gasteiger partial charge >= 0.3 is 6.03 Å². The Labute approximate surface area is 77.9 Å². The number of nitrogens with zero attached hydrogens (tertiary/aromatic N) is 1. The van der Waals surface area contributed by atoms with Crippen LogP contribution in [0.25, 0.3) is 0 Å². The molecule has 1 saturated carbocycles. The monoisotopic (exact) mass is 181 g/mol. The van der Waals surface area contributed by atoms with E-state index in [-0.39, 0.29) is 0 Å². The van der Waals surface area contributed by atoms with Gasteiger partial charge in [0.2, 0.25) is 0 Å². The molecule has 0 atom stereocenters. The number of carbonyl (C=O) groups is 1. The van der Waals surface area contributed by atoms with E-state index < -0.39 is 6.03 Å². The summed E-state index contributed by atoms with van der Waals surface area (Å²) >= 11 is 0. The molecule has 1 fully saturated rings. The molecule has 72 valence electrons. The van der Waals surface area contributed by atoms with E-state index in [0.717, 1.165) is 12.8 Å². The molecule has 0 bridgehead atoms. The summed E-state index contributed by atoms with van der Waals surface area (Å²) in [7, 11) is 0. The van der Waals surface area contributed by atoms with Crippen molar-refractivity contribution >= 4 is 12.2 Å². The van der Waals surface area contributed by atoms with Gasteiger partial charge in [-0.2, -0.15) is 5.10 Å². The van der Waals surface area contributed by atoms with Gasteiger partial charge in [0.25, 0.3) is 0 Å². The topological polar surface area (TPSA) is 67.5 Å². The zero-order chi connectivity index (χ0) is 9.52. The second-order valence-electron chi connectivity index (χ2n) is 3.14. The Hall–Kier alpha value is -1.32. The van der Waals surface area contributed by atoms with Crippen molar-refractivity contribution in [3.8, 4) is 0 Å². The predicted octanol–water partition coefficient (Wildman–Crippen LogP) is 1.53. The van der Waals surface area contributed by atoms with Crippen molar-refractivity contribution in [1.29, 1.82) is 0 Å². The van der Waals surface area contributed by atoms with E-state index in [9.17, 15) is 4.79 Å². The number of hydrogen-bond donors (Lipinski definition) is 2. The Morgan fingerprint density at radius 1 is 1.38 bits per heavy atom. The molecule has 0 saturated heterocycles. The maximum atomic E-state index is 10.2. The number of allylic oxidation sites excluding steroid dienone is 2. The Bertz CT molecular complexity index is 225. The number of hydrazone groups is 1. The van der Waals surface area contributed by atoms with Gasteiger partial charge in [0.15, 0.2) is 0 Å². The summed E-state index contributed by atoms with van der Waals surface area (Å²) in [6.45, 7) is 0. The number of nitrogens with one attached hydrogen (secondary N) is 1. The van der Waals surface area contributed by atoms with Gasteiger partial charge in [-0.05, 0) is 31.8 Å². The summed E-state index contributed by atoms with van der Waals surface area (Å²) in [5.74, 6) is 0. The maximum Gasteiger partial charge on any atom is 0.332 e. The summed E-state index contributed by atoms with van der Waals surface area (Å²) in [5, 5.41) is 3.64. The van der Waals surface area contributed by atoms with Crippen LogP contribution in [0.2, 0.25) is 0 Å². The van der Waals surface area contributed by atoms with Crippen molar-refractivity contribution in [2.75, 3.05) is 0 Å². The summed E-state index contributed by atoms with van der Waals surface area (Å²) in [6, 6.07) is -0.627. The zero-order valence-electron chi connectivity index (χ0n) is 7.62. The van der Waals surface area contributed by atoms with Crippen molar-refractivity contribution in [2.24, 2.45) is 10.8 Å². The van der Waals surface area contributed by atoms with E-state index in [0.29, 0.717) is 0 Å². The molecule has 0 heterocycles. The number of carbonyl (C=O) groups excluding carboxylic acids is 1. The first kappa shape index (κ1) is 9.77.